The van der Waals surface area contributed by atoms with Crippen LogP contribution in [0.15, 0.2) is 18.2 Å². The maximum Gasteiger partial charge on any atom is 0.272 e. The fourth-order valence-corrected chi connectivity index (χ4v) is 3.15. The number of rotatable bonds is 4. The van der Waals surface area contributed by atoms with E-state index in [1.165, 1.54) is 0 Å². The van der Waals surface area contributed by atoms with Crippen LogP contribution in [0.4, 0.5) is 0 Å². The minimum Gasteiger partial charge on any atom is -0.337 e. The van der Waals surface area contributed by atoms with Crippen molar-refractivity contribution in [2.45, 2.75) is 45.4 Å². The summed E-state index contributed by atoms with van der Waals surface area (Å²) >= 11 is 0. The van der Waals surface area contributed by atoms with Crippen LogP contribution in [-0.4, -0.2) is 62.6 Å². The van der Waals surface area contributed by atoms with Gasteiger partial charge in [0.15, 0.2) is 0 Å². The van der Waals surface area contributed by atoms with E-state index in [0.29, 0.717) is 17.3 Å². The Labute approximate surface area is 148 Å². The van der Waals surface area contributed by atoms with Crippen molar-refractivity contribution < 1.29 is 4.79 Å². The Bertz CT molecular complexity index is 553. The Kier molecular flexibility index (Phi) is 6.50. The van der Waals surface area contributed by atoms with Crippen molar-refractivity contribution in [2.24, 2.45) is 5.92 Å². The van der Waals surface area contributed by atoms with Gasteiger partial charge in [-0.25, -0.2) is 4.98 Å². The molecule has 4 radical (unpaired) electrons. The normalized spacial score (nSPS) is 18.7. The van der Waals surface area contributed by atoms with Crippen LogP contribution in [0.2, 0.25) is 0 Å². The van der Waals surface area contributed by atoms with E-state index in [0.717, 1.165) is 45.4 Å². The van der Waals surface area contributed by atoms with Gasteiger partial charge in [0.25, 0.3) is 5.91 Å². The van der Waals surface area contributed by atoms with Crippen molar-refractivity contribution in [1.29, 1.82) is 0 Å². The molecule has 0 spiro atoms. The lowest BCUT2D eigenvalue weighted by atomic mass is 9.57. The first-order valence-corrected chi connectivity index (χ1v) is 9.12. The Morgan fingerprint density at radius 2 is 1.88 bits per heavy atom. The Hall–Kier alpha value is -1.29. The minimum atomic E-state index is -1.10. The maximum atomic E-state index is 12.4. The molecule has 0 saturated carbocycles. The number of aromatic nitrogens is 1. The highest BCUT2D eigenvalue weighted by atomic mass is 16.2. The third kappa shape index (κ3) is 3.85. The summed E-state index contributed by atoms with van der Waals surface area (Å²) in [6.07, 6.45) is 3.26. The zero-order valence-electron chi connectivity index (χ0n) is 15.2. The monoisotopic (exact) mass is 323 g/mol. The Morgan fingerprint density at radius 1 is 1.25 bits per heavy atom. The number of carbonyl (C=O) groups excluding carboxylic acids is 1. The van der Waals surface area contributed by atoms with Gasteiger partial charge in [0.05, 0.1) is 15.7 Å². The predicted molar refractivity (Wildman–Crippen MR) is 99.3 cm³/mol. The Morgan fingerprint density at radius 3 is 2.46 bits per heavy atom. The molecule has 6 heteroatoms. The van der Waals surface area contributed by atoms with E-state index < -0.39 is 5.34 Å². The molecule has 1 aromatic heterocycles. The lowest BCUT2D eigenvalue weighted by Crippen LogP contribution is -2.59. The molecule has 0 aromatic carbocycles. The zero-order chi connectivity index (χ0) is 17.7. The van der Waals surface area contributed by atoms with Crippen LogP contribution in [0.3, 0.4) is 0 Å². The third-order valence-corrected chi connectivity index (χ3v) is 4.83. The van der Waals surface area contributed by atoms with E-state index in [9.17, 15) is 4.79 Å². The van der Waals surface area contributed by atoms with Crippen LogP contribution in [0, 0.1) is 5.92 Å². The van der Waals surface area contributed by atoms with E-state index in [2.05, 4.69) is 11.9 Å². The molecule has 1 aromatic rings. The number of amides is 1. The van der Waals surface area contributed by atoms with E-state index in [1.807, 2.05) is 29.7 Å². The largest absolute Gasteiger partial charge is 0.337 e. The number of hydrogen-bond donors (Lipinski definition) is 0. The highest BCUT2D eigenvalue weighted by Gasteiger charge is 2.37. The van der Waals surface area contributed by atoms with Gasteiger partial charge in [0.2, 0.25) is 0 Å². The molecule has 3 rings (SSSR count). The van der Waals surface area contributed by atoms with Gasteiger partial charge in [-0.2, -0.15) is 0 Å². The van der Waals surface area contributed by atoms with Crippen LogP contribution in [0.5, 0.6) is 0 Å². The van der Waals surface area contributed by atoms with Crippen molar-refractivity contribution in [1.82, 2.24) is 14.8 Å². The summed E-state index contributed by atoms with van der Waals surface area (Å²) in [6, 6.07) is 5.36. The number of pyridine rings is 1. The van der Waals surface area contributed by atoms with E-state index in [-0.39, 0.29) is 5.91 Å². The van der Waals surface area contributed by atoms with Crippen LogP contribution in [0.25, 0.3) is 0 Å². The highest BCUT2D eigenvalue weighted by molar-refractivity contribution is 6.39. The summed E-state index contributed by atoms with van der Waals surface area (Å²) in [5, 5.41) is -1.10. The quantitative estimate of drug-likeness (QED) is 0.797. The lowest BCUT2D eigenvalue weighted by Gasteiger charge is -2.50. The zero-order valence-corrected chi connectivity index (χ0v) is 15.2. The van der Waals surface area contributed by atoms with E-state index in [1.54, 1.807) is 12.1 Å². The van der Waals surface area contributed by atoms with E-state index >= 15 is 0 Å². The molecule has 0 unspecified atom stereocenters. The molecule has 0 bridgehead atoms. The molecule has 2 saturated heterocycles. The fraction of sp³-hybridized carbons (Fsp3) is 0.667. The summed E-state index contributed by atoms with van der Waals surface area (Å²) in [7, 11) is 12.6. The molecule has 3 heterocycles. The second kappa shape index (κ2) is 8.19. The van der Waals surface area contributed by atoms with Crippen molar-refractivity contribution >= 4 is 21.6 Å². The first-order chi connectivity index (χ1) is 11.5. The fourth-order valence-electron chi connectivity index (χ4n) is 3.15. The van der Waals surface area contributed by atoms with Gasteiger partial charge >= 0.3 is 0 Å². The molecular weight excluding hydrogens is 296 g/mol. The smallest absolute Gasteiger partial charge is 0.272 e. The summed E-state index contributed by atoms with van der Waals surface area (Å²) in [4.78, 5) is 20.8. The minimum absolute atomic E-state index is 0.0230. The average Bonchev–Trinajstić information content (AvgIpc) is 3.09. The standard InChI is InChI=1S/C16H21B2N3O.C2H6/c1-2-12-10-21(11-12)16(17,18)14-7-5-6-13(19-14)15(22)20-8-3-4-9-20;1-2/h5-7,12H,2-4,8-11H2,1H3;1-2H3. The Balaban J connectivity index is 0.00000100. The molecule has 2 aliphatic heterocycles. The van der Waals surface area contributed by atoms with Gasteiger partial charge < -0.3 is 9.80 Å². The summed E-state index contributed by atoms with van der Waals surface area (Å²) in [5.41, 5.74) is 0.999. The second-order valence-corrected chi connectivity index (χ2v) is 6.41. The number of hydrogen-bond acceptors (Lipinski definition) is 3. The number of nitrogens with zero attached hydrogens (tertiary/aromatic N) is 3. The molecule has 2 fully saturated rings. The average molecular weight is 323 g/mol. The molecule has 0 aliphatic carbocycles. The van der Waals surface area contributed by atoms with Crippen LogP contribution >= 0.6 is 0 Å². The molecule has 1 amide bonds. The molecule has 2 aliphatic rings. The number of likely N-dealkylation sites (tertiary alicyclic amines) is 2. The summed E-state index contributed by atoms with van der Waals surface area (Å²) in [6.45, 7) is 9.56. The third-order valence-electron chi connectivity index (χ3n) is 4.83. The van der Waals surface area contributed by atoms with Gasteiger partial charge in [0, 0.05) is 31.9 Å². The van der Waals surface area contributed by atoms with Gasteiger partial charge in [-0.3, -0.25) is 4.79 Å². The van der Waals surface area contributed by atoms with Crippen LogP contribution in [-0.2, 0) is 5.34 Å². The predicted octanol–water partition coefficient (Wildman–Crippen LogP) is 2.13. The van der Waals surface area contributed by atoms with Gasteiger partial charge in [-0.1, -0.05) is 33.3 Å². The first-order valence-electron chi connectivity index (χ1n) is 9.12. The second-order valence-electron chi connectivity index (χ2n) is 6.41. The molecular formula is C18H27B2N3O. The molecule has 0 N–H and O–H groups in total. The lowest BCUT2D eigenvalue weighted by molar-refractivity contribution is 0.0616. The topological polar surface area (TPSA) is 36.4 Å². The first kappa shape index (κ1) is 19.0. The van der Waals surface area contributed by atoms with Gasteiger partial charge in [0.1, 0.15) is 5.69 Å². The number of carbonyl (C=O) groups is 1. The maximum absolute atomic E-state index is 12.4. The van der Waals surface area contributed by atoms with Gasteiger partial charge in [-0.05, 0) is 36.2 Å². The summed E-state index contributed by atoms with van der Waals surface area (Å²) < 4.78 is 0. The molecule has 24 heavy (non-hydrogen) atoms. The molecule has 0 atom stereocenters. The van der Waals surface area contributed by atoms with Gasteiger partial charge in [-0.15, -0.1) is 0 Å². The van der Waals surface area contributed by atoms with Crippen LogP contribution < -0.4 is 0 Å². The van der Waals surface area contributed by atoms with Crippen molar-refractivity contribution in [3.05, 3.63) is 29.6 Å². The highest BCUT2D eigenvalue weighted by Crippen LogP contribution is 2.30. The van der Waals surface area contributed by atoms with Crippen molar-refractivity contribution in [3.8, 4) is 0 Å². The van der Waals surface area contributed by atoms with E-state index in [4.69, 9.17) is 15.7 Å². The SMILES string of the molecule is CC.[B]C([B])(c1cccc(C(=O)N2CCCC2)n1)N1CC(CC)C1. The summed E-state index contributed by atoms with van der Waals surface area (Å²) in [5.74, 6) is 0.631. The van der Waals surface area contributed by atoms with Crippen molar-refractivity contribution in [2.75, 3.05) is 26.2 Å². The molecule has 126 valence electrons. The van der Waals surface area contributed by atoms with Crippen molar-refractivity contribution in [3.63, 3.8) is 0 Å². The molecule has 4 nitrogen and oxygen atoms in total. The van der Waals surface area contributed by atoms with Crippen LogP contribution in [0.1, 0.15) is 56.2 Å².